The molecule has 1 aliphatic heterocycles. The summed E-state index contributed by atoms with van der Waals surface area (Å²) in [6, 6.07) is 0. The third kappa shape index (κ3) is 3.56. The van der Waals surface area contributed by atoms with Crippen molar-refractivity contribution < 1.29 is 24.5 Å². The standard InChI is InChI=1S/C14H22N6O6/c1-19(2)25-4-3-24-10-9(22)7(5-21)26-13(10)20-6-16-8-11(20)17-14(15)18-12(8)23/h6-7,9-10,13,21-22H,3-5H2,1-2H3,(H3,15,17,18,23)/t7-,9?,10?,13-/m1/s1. The summed E-state index contributed by atoms with van der Waals surface area (Å²) in [5.41, 5.74) is 5.39. The number of nitrogen functional groups attached to an aromatic ring is 1. The molecule has 2 unspecified atom stereocenters. The first-order chi connectivity index (χ1) is 12.4. The molecule has 0 amide bonds. The topological polar surface area (TPSA) is 161 Å². The number of aromatic nitrogens is 4. The van der Waals surface area contributed by atoms with E-state index in [1.54, 1.807) is 14.1 Å². The van der Waals surface area contributed by atoms with Gasteiger partial charge in [0.25, 0.3) is 5.56 Å². The lowest BCUT2D eigenvalue weighted by Gasteiger charge is -2.22. The fraction of sp³-hybridized carbons (Fsp3) is 0.643. The van der Waals surface area contributed by atoms with Crippen molar-refractivity contribution >= 4 is 17.1 Å². The maximum atomic E-state index is 11.9. The summed E-state index contributed by atoms with van der Waals surface area (Å²) in [7, 11) is 3.48. The third-order valence-corrected chi connectivity index (χ3v) is 3.96. The predicted octanol–water partition coefficient (Wildman–Crippen LogP) is -2.17. The number of rotatable bonds is 7. The highest BCUT2D eigenvalue weighted by molar-refractivity contribution is 5.70. The molecular weight excluding hydrogens is 348 g/mol. The molecule has 5 N–H and O–H groups in total. The molecule has 4 atom stereocenters. The zero-order chi connectivity index (χ0) is 18.8. The van der Waals surface area contributed by atoms with Gasteiger partial charge in [-0.15, -0.1) is 0 Å². The Morgan fingerprint density at radius 3 is 2.92 bits per heavy atom. The first-order valence-electron chi connectivity index (χ1n) is 8.01. The Bertz CT molecular complexity index is 807. The number of aliphatic hydroxyl groups is 2. The minimum Gasteiger partial charge on any atom is -0.394 e. The first kappa shape index (κ1) is 18.7. The molecule has 144 valence electrons. The molecule has 0 bridgehead atoms. The number of aromatic amines is 1. The van der Waals surface area contributed by atoms with E-state index in [9.17, 15) is 15.0 Å². The quantitative estimate of drug-likeness (QED) is 0.312. The van der Waals surface area contributed by atoms with Crippen LogP contribution >= 0.6 is 0 Å². The van der Waals surface area contributed by atoms with Crippen LogP contribution in [0.3, 0.4) is 0 Å². The van der Waals surface area contributed by atoms with Crippen LogP contribution in [0.5, 0.6) is 0 Å². The normalized spacial score (nSPS) is 26.2. The van der Waals surface area contributed by atoms with Crippen LogP contribution in [-0.4, -0.2) is 87.0 Å². The van der Waals surface area contributed by atoms with E-state index in [1.165, 1.54) is 16.0 Å². The van der Waals surface area contributed by atoms with Crippen molar-refractivity contribution in [1.82, 2.24) is 24.6 Å². The van der Waals surface area contributed by atoms with Crippen LogP contribution in [0, 0.1) is 0 Å². The number of anilines is 1. The van der Waals surface area contributed by atoms with Gasteiger partial charge in [-0.05, 0) is 0 Å². The number of fused-ring (bicyclic) bond motifs is 1. The molecule has 2 aromatic heterocycles. The fourth-order valence-corrected chi connectivity index (χ4v) is 2.81. The monoisotopic (exact) mass is 370 g/mol. The lowest BCUT2D eigenvalue weighted by atomic mass is 10.1. The predicted molar refractivity (Wildman–Crippen MR) is 88.9 cm³/mol. The van der Waals surface area contributed by atoms with E-state index in [0.29, 0.717) is 0 Å². The number of imidazole rings is 1. The highest BCUT2D eigenvalue weighted by Crippen LogP contribution is 2.33. The fourth-order valence-electron chi connectivity index (χ4n) is 2.81. The summed E-state index contributed by atoms with van der Waals surface area (Å²) in [5, 5.41) is 21.4. The number of nitrogens with one attached hydrogen (secondary N) is 1. The second kappa shape index (κ2) is 7.65. The number of aliphatic hydroxyl groups excluding tert-OH is 2. The molecule has 0 aromatic carbocycles. The Labute approximate surface area is 148 Å². The van der Waals surface area contributed by atoms with Gasteiger partial charge in [0.2, 0.25) is 5.95 Å². The van der Waals surface area contributed by atoms with Crippen LogP contribution in [0.4, 0.5) is 5.95 Å². The molecule has 12 nitrogen and oxygen atoms in total. The lowest BCUT2D eigenvalue weighted by molar-refractivity contribution is -0.150. The van der Waals surface area contributed by atoms with E-state index in [-0.39, 0.29) is 30.3 Å². The molecule has 0 aliphatic carbocycles. The molecule has 1 fully saturated rings. The number of ether oxygens (including phenoxy) is 2. The molecule has 0 saturated carbocycles. The van der Waals surface area contributed by atoms with Crippen LogP contribution in [0.2, 0.25) is 0 Å². The van der Waals surface area contributed by atoms with Gasteiger partial charge in [-0.25, -0.2) is 4.98 Å². The van der Waals surface area contributed by atoms with E-state index in [1.807, 2.05) is 0 Å². The van der Waals surface area contributed by atoms with Gasteiger partial charge in [-0.1, -0.05) is 0 Å². The molecule has 26 heavy (non-hydrogen) atoms. The average molecular weight is 370 g/mol. The molecule has 12 heteroatoms. The van der Waals surface area contributed by atoms with Gasteiger partial charge in [0.1, 0.15) is 18.3 Å². The van der Waals surface area contributed by atoms with Gasteiger partial charge in [0.15, 0.2) is 17.4 Å². The number of nitrogens with two attached hydrogens (primary N) is 1. The molecule has 3 heterocycles. The van der Waals surface area contributed by atoms with E-state index in [0.717, 1.165) is 0 Å². The second-order valence-electron chi connectivity index (χ2n) is 5.99. The number of hydroxylamine groups is 2. The van der Waals surface area contributed by atoms with Crippen LogP contribution in [0.25, 0.3) is 11.2 Å². The van der Waals surface area contributed by atoms with Crippen molar-refractivity contribution in [1.29, 1.82) is 0 Å². The zero-order valence-electron chi connectivity index (χ0n) is 14.4. The second-order valence-corrected chi connectivity index (χ2v) is 5.99. The van der Waals surface area contributed by atoms with E-state index in [4.69, 9.17) is 20.0 Å². The van der Waals surface area contributed by atoms with Crippen LogP contribution in [0.15, 0.2) is 11.1 Å². The SMILES string of the molecule is CN(C)OCCOC1C(O)[C@@H](CO)O[C@H]1n1cnc2c(=O)[nH]c(N)nc21. The summed E-state index contributed by atoms with van der Waals surface area (Å²) < 4.78 is 12.9. The minimum atomic E-state index is -1.08. The van der Waals surface area contributed by atoms with E-state index >= 15 is 0 Å². The highest BCUT2D eigenvalue weighted by Gasteiger charge is 2.45. The van der Waals surface area contributed by atoms with Crippen molar-refractivity contribution in [2.24, 2.45) is 0 Å². The van der Waals surface area contributed by atoms with Crippen molar-refractivity contribution in [2.75, 3.05) is 39.6 Å². The van der Waals surface area contributed by atoms with Crippen molar-refractivity contribution in [3.8, 4) is 0 Å². The Morgan fingerprint density at radius 2 is 2.23 bits per heavy atom. The van der Waals surface area contributed by atoms with Crippen molar-refractivity contribution in [3.63, 3.8) is 0 Å². The van der Waals surface area contributed by atoms with Gasteiger partial charge in [0.05, 0.1) is 26.1 Å². The molecular formula is C14H22N6O6. The molecule has 1 saturated heterocycles. The number of hydrogen-bond acceptors (Lipinski definition) is 10. The molecule has 1 aliphatic rings. The molecule has 2 aromatic rings. The van der Waals surface area contributed by atoms with Gasteiger partial charge >= 0.3 is 0 Å². The number of hydrogen-bond donors (Lipinski definition) is 4. The summed E-state index contributed by atoms with van der Waals surface area (Å²) in [5.74, 6) is -0.0710. The van der Waals surface area contributed by atoms with Gasteiger partial charge in [-0.3, -0.25) is 19.2 Å². The Hall–Kier alpha value is -2.09. The lowest BCUT2D eigenvalue weighted by Crippen LogP contribution is -2.36. The maximum Gasteiger partial charge on any atom is 0.280 e. The van der Waals surface area contributed by atoms with Crippen LogP contribution in [0.1, 0.15) is 6.23 Å². The highest BCUT2D eigenvalue weighted by atomic mass is 16.7. The van der Waals surface area contributed by atoms with Crippen molar-refractivity contribution in [3.05, 3.63) is 16.7 Å². The summed E-state index contributed by atoms with van der Waals surface area (Å²) in [6.07, 6.45) is -2.24. The van der Waals surface area contributed by atoms with Gasteiger partial charge in [0, 0.05) is 14.1 Å². The van der Waals surface area contributed by atoms with Crippen molar-refractivity contribution in [2.45, 2.75) is 24.5 Å². The number of nitrogens with zero attached hydrogens (tertiary/aromatic N) is 4. The maximum absolute atomic E-state index is 11.9. The zero-order valence-corrected chi connectivity index (χ0v) is 14.4. The Balaban J connectivity index is 1.87. The van der Waals surface area contributed by atoms with Gasteiger partial charge < -0.3 is 25.4 Å². The summed E-state index contributed by atoms with van der Waals surface area (Å²) in [4.78, 5) is 27.7. The largest absolute Gasteiger partial charge is 0.394 e. The molecule has 0 radical (unpaired) electrons. The Kier molecular flexibility index (Phi) is 5.50. The van der Waals surface area contributed by atoms with E-state index in [2.05, 4.69) is 15.0 Å². The van der Waals surface area contributed by atoms with Gasteiger partial charge in [-0.2, -0.15) is 10.0 Å². The van der Waals surface area contributed by atoms with Crippen LogP contribution in [-0.2, 0) is 14.3 Å². The summed E-state index contributed by atoms with van der Waals surface area (Å²) in [6.45, 7) is 0.0531. The average Bonchev–Trinajstić information content (AvgIpc) is 3.12. The number of H-pyrrole nitrogens is 1. The summed E-state index contributed by atoms with van der Waals surface area (Å²) >= 11 is 0. The molecule has 0 spiro atoms. The van der Waals surface area contributed by atoms with Crippen LogP contribution < -0.4 is 11.3 Å². The smallest absolute Gasteiger partial charge is 0.280 e. The minimum absolute atomic E-state index is 0.0710. The Morgan fingerprint density at radius 1 is 1.46 bits per heavy atom. The first-order valence-corrected chi connectivity index (χ1v) is 8.01. The van der Waals surface area contributed by atoms with E-state index < -0.39 is 36.7 Å². The molecule has 3 rings (SSSR count). The third-order valence-electron chi connectivity index (χ3n) is 3.96.